The van der Waals surface area contributed by atoms with Crippen molar-refractivity contribution < 1.29 is 14.1 Å². The first-order chi connectivity index (χ1) is 9.78. The molecule has 0 aliphatic carbocycles. The van der Waals surface area contributed by atoms with Crippen LogP contribution in [-0.2, 0) is 11.8 Å². The molecule has 0 aliphatic heterocycles. The van der Waals surface area contributed by atoms with Gasteiger partial charge in [0.1, 0.15) is 12.6 Å². The number of benzene rings is 1. The van der Waals surface area contributed by atoms with E-state index in [1.165, 1.54) is 5.56 Å². The molecule has 21 heavy (non-hydrogen) atoms. The molecule has 1 aromatic carbocycles. The summed E-state index contributed by atoms with van der Waals surface area (Å²) >= 11 is 0. The maximum absolute atomic E-state index is 12.2. The molecule has 2 rings (SSSR count). The van der Waals surface area contributed by atoms with Crippen LogP contribution in [0, 0.1) is 6.92 Å². The quantitative estimate of drug-likeness (QED) is 0.624. The summed E-state index contributed by atoms with van der Waals surface area (Å²) in [7, 11) is 2.00. The molecule has 3 nitrogen and oxygen atoms in total. The molecule has 0 amide bonds. The lowest BCUT2D eigenvalue weighted by atomic mass is 10.0. The molecule has 0 atom stereocenters. The molecule has 0 saturated heterocycles. The topological polar surface area (TPSA) is 30.2 Å². The number of rotatable bonds is 2. The SMILES string of the molecule is Cc1ccc[n+](C)c1-c1cccc(C(=O)OC(C)(C)C)c1. The number of carbonyl (C=O) groups is 1. The first-order valence-corrected chi connectivity index (χ1v) is 7.07. The fourth-order valence-electron chi connectivity index (χ4n) is 2.31. The molecule has 1 heterocycles. The lowest BCUT2D eigenvalue weighted by molar-refractivity contribution is -0.660. The minimum atomic E-state index is -0.486. The Balaban J connectivity index is 2.41. The van der Waals surface area contributed by atoms with Gasteiger partial charge in [0, 0.05) is 17.2 Å². The van der Waals surface area contributed by atoms with E-state index in [0.717, 1.165) is 11.3 Å². The van der Waals surface area contributed by atoms with Crippen LogP contribution in [0.5, 0.6) is 0 Å². The Hall–Kier alpha value is -2.16. The van der Waals surface area contributed by atoms with Gasteiger partial charge in [-0.25, -0.2) is 9.36 Å². The van der Waals surface area contributed by atoms with E-state index in [2.05, 4.69) is 17.6 Å². The number of nitrogens with zero attached hydrogens (tertiary/aromatic N) is 1. The van der Waals surface area contributed by atoms with E-state index in [-0.39, 0.29) is 5.97 Å². The smallest absolute Gasteiger partial charge is 0.338 e. The number of ether oxygens (including phenoxy) is 1. The summed E-state index contributed by atoms with van der Waals surface area (Å²) in [4.78, 5) is 12.2. The van der Waals surface area contributed by atoms with Crippen molar-refractivity contribution in [3.05, 3.63) is 53.7 Å². The van der Waals surface area contributed by atoms with Crippen LogP contribution < -0.4 is 4.57 Å². The monoisotopic (exact) mass is 284 g/mol. The standard InChI is InChI=1S/C18H22NO2/c1-13-8-7-11-19(5)16(13)14-9-6-10-15(12-14)17(20)21-18(2,3)4/h6-12H,1-5H3/q+1. The Bertz CT molecular complexity index is 649. The van der Waals surface area contributed by atoms with Crippen LogP contribution >= 0.6 is 0 Å². The first-order valence-electron chi connectivity index (χ1n) is 7.07. The first kappa shape index (κ1) is 15.2. The van der Waals surface area contributed by atoms with Crippen molar-refractivity contribution in [2.75, 3.05) is 0 Å². The molecule has 3 heteroatoms. The molecule has 110 valence electrons. The van der Waals surface area contributed by atoms with E-state index >= 15 is 0 Å². The molecule has 0 bridgehead atoms. The van der Waals surface area contributed by atoms with Crippen LogP contribution in [-0.4, -0.2) is 11.6 Å². The summed E-state index contributed by atoms with van der Waals surface area (Å²) in [6.45, 7) is 7.68. The molecule has 0 spiro atoms. The Morgan fingerprint density at radius 2 is 1.86 bits per heavy atom. The second-order valence-electron chi connectivity index (χ2n) is 6.23. The summed E-state index contributed by atoms with van der Waals surface area (Å²) < 4.78 is 7.49. The zero-order valence-corrected chi connectivity index (χ0v) is 13.3. The van der Waals surface area contributed by atoms with Crippen LogP contribution in [0.15, 0.2) is 42.6 Å². The second kappa shape index (κ2) is 5.68. The Morgan fingerprint density at radius 1 is 1.14 bits per heavy atom. The Kier molecular flexibility index (Phi) is 4.12. The van der Waals surface area contributed by atoms with Crippen molar-refractivity contribution in [3.8, 4) is 11.3 Å². The van der Waals surface area contributed by atoms with Crippen LogP contribution in [0.3, 0.4) is 0 Å². The number of pyridine rings is 1. The predicted molar refractivity (Wildman–Crippen MR) is 83.0 cm³/mol. The highest BCUT2D eigenvalue weighted by molar-refractivity contribution is 5.91. The molecule has 0 radical (unpaired) electrons. The molecule has 1 aromatic heterocycles. The number of carbonyl (C=O) groups excluding carboxylic acids is 1. The molecule has 0 fully saturated rings. The highest BCUT2D eigenvalue weighted by atomic mass is 16.6. The fraction of sp³-hybridized carbons (Fsp3) is 0.333. The average molecular weight is 284 g/mol. The molecular formula is C18H22NO2+. The maximum atomic E-state index is 12.2. The number of hydrogen-bond acceptors (Lipinski definition) is 2. The van der Waals surface area contributed by atoms with Crippen molar-refractivity contribution in [1.82, 2.24) is 0 Å². The molecule has 0 N–H and O–H groups in total. The maximum Gasteiger partial charge on any atom is 0.338 e. The van der Waals surface area contributed by atoms with Gasteiger partial charge >= 0.3 is 5.97 Å². The lowest BCUT2D eigenvalue weighted by Crippen LogP contribution is -2.31. The van der Waals surface area contributed by atoms with E-state index < -0.39 is 5.60 Å². The normalized spacial score (nSPS) is 11.3. The minimum Gasteiger partial charge on any atom is -0.456 e. The van der Waals surface area contributed by atoms with Crippen molar-refractivity contribution >= 4 is 5.97 Å². The van der Waals surface area contributed by atoms with Gasteiger partial charge in [0.05, 0.1) is 5.56 Å². The molecule has 0 saturated carbocycles. The van der Waals surface area contributed by atoms with E-state index in [1.54, 1.807) is 6.07 Å². The predicted octanol–water partition coefficient (Wildman–Crippen LogP) is 3.44. The molecule has 0 aliphatic rings. The highest BCUT2D eigenvalue weighted by Crippen LogP contribution is 2.21. The highest BCUT2D eigenvalue weighted by Gasteiger charge is 2.20. The summed E-state index contributed by atoms with van der Waals surface area (Å²) in [5.41, 5.74) is 3.37. The molecule has 2 aromatic rings. The third-order valence-electron chi connectivity index (χ3n) is 3.15. The average Bonchev–Trinajstić information content (AvgIpc) is 2.37. The summed E-state index contributed by atoms with van der Waals surface area (Å²) in [6, 6.07) is 11.6. The van der Waals surface area contributed by atoms with Crippen LogP contribution in [0.2, 0.25) is 0 Å². The summed E-state index contributed by atoms with van der Waals surface area (Å²) in [6.07, 6.45) is 2.00. The third kappa shape index (κ3) is 3.69. The largest absolute Gasteiger partial charge is 0.456 e. The van der Waals surface area contributed by atoms with Crippen LogP contribution in [0.25, 0.3) is 11.3 Å². The van der Waals surface area contributed by atoms with Gasteiger partial charge in [-0.3, -0.25) is 0 Å². The van der Waals surface area contributed by atoms with Gasteiger partial charge in [-0.15, -0.1) is 0 Å². The number of aromatic nitrogens is 1. The Labute approximate surface area is 126 Å². The van der Waals surface area contributed by atoms with Crippen molar-refractivity contribution in [1.29, 1.82) is 0 Å². The summed E-state index contributed by atoms with van der Waals surface area (Å²) in [5.74, 6) is -0.291. The van der Waals surface area contributed by atoms with Gasteiger partial charge in [-0.05, 0) is 52.0 Å². The van der Waals surface area contributed by atoms with Crippen molar-refractivity contribution in [3.63, 3.8) is 0 Å². The van der Waals surface area contributed by atoms with Gasteiger partial charge in [0.2, 0.25) is 5.69 Å². The Morgan fingerprint density at radius 3 is 2.48 bits per heavy atom. The van der Waals surface area contributed by atoms with Gasteiger partial charge in [-0.2, -0.15) is 0 Å². The number of aryl methyl sites for hydroxylation is 2. The number of hydrogen-bond donors (Lipinski definition) is 0. The second-order valence-corrected chi connectivity index (χ2v) is 6.23. The third-order valence-corrected chi connectivity index (χ3v) is 3.15. The van der Waals surface area contributed by atoms with Gasteiger partial charge in [-0.1, -0.05) is 6.07 Å². The van der Waals surface area contributed by atoms with E-state index in [0.29, 0.717) is 5.56 Å². The van der Waals surface area contributed by atoms with E-state index in [4.69, 9.17) is 4.74 Å². The zero-order valence-electron chi connectivity index (χ0n) is 13.3. The van der Waals surface area contributed by atoms with Gasteiger partial charge in [0.15, 0.2) is 6.20 Å². The van der Waals surface area contributed by atoms with E-state index in [9.17, 15) is 4.79 Å². The fourth-order valence-corrected chi connectivity index (χ4v) is 2.31. The molecular weight excluding hydrogens is 262 g/mol. The molecule has 0 unspecified atom stereocenters. The van der Waals surface area contributed by atoms with Crippen molar-refractivity contribution in [2.45, 2.75) is 33.3 Å². The summed E-state index contributed by atoms with van der Waals surface area (Å²) in [5, 5.41) is 0. The zero-order chi connectivity index (χ0) is 15.6. The van der Waals surface area contributed by atoms with Gasteiger partial charge in [0.25, 0.3) is 0 Å². The number of esters is 1. The van der Waals surface area contributed by atoms with Crippen LogP contribution in [0.4, 0.5) is 0 Å². The van der Waals surface area contributed by atoms with Gasteiger partial charge < -0.3 is 4.74 Å². The van der Waals surface area contributed by atoms with Crippen LogP contribution in [0.1, 0.15) is 36.7 Å². The lowest BCUT2D eigenvalue weighted by Gasteiger charge is -2.19. The minimum absolute atomic E-state index is 0.291. The van der Waals surface area contributed by atoms with Crippen molar-refractivity contribution in [2.24, 2.45) is 7.05 Å². The van der Waals surface area contributed by atoms with E-state index in [1.807, 2.05) is 58.3 Å².